The van der Waals surface area contributed by atoms with E-state index in [4.69, 9.17) is 4.74 Å². The van der Waals surface area contributed by atoms with Crippen LogP contribution in [0.5, 0.6) is 0 Å². The Bertz CT molecular complexity index is 795. The van der Waals surface area contributed by atoms with E-state index in [2.05, 4.69) is 20.9 Å². The van der Waals surface area contributed by atoms with E-state index < -0.39 is 0 Å². The van der Waals surface area contributed by atoms with Gasteiger partial charge in [-0.1, -0.05) is 40.6 Å². The average molecular weight is 413 g/mol. The van der Waals surface area contributed by atoms with Gasteiger partial charge in [0.05, 0.1) is 23.2 Å². The molecule has 1 aromatic heterocycles. The summed E-state index contributed by atoms with van der Waals surface area (Å²) < 4.78 is 8.91. The molecule has 0 fully saturated rings. The fourth-order valence-corrected chi connectivity index (χ4v) is 3.90. The van der Waals surface area contributed by atoms with Gasteiger partial charge in [0.15, 0.2) is 4.80 Å². The third-order valence-electron chi connectivity index (χ3n) is 3.45. The van der Waals surface area contributed by atoms with Crippen LogP contribution in [-0.2, 0) is 20.9 Å². The lowest BCUT2D eigenvalue weighted by molar-refractivity contribution is -0.143. The summed E-state index contributed by atoms with van der Waals surface area (Å²) in [6, 6.07) is 5.91. The molecule has 0 bridgehead atoms. The highest BCUT2D eigenvalue weighted by Gasteiger charge is 2.10. The van der Waals surface area contributed by atoms with Crippen molar-refractivity contribution < 1.29 is 14.3 Å². The number of hydrogen-bond donors (Lipinski definition) is 0. The van der Waals surface area contributed by atoms with Gasteiger partial charge in [0.2, 0.25) is 5.91 Å². The number of unbranched alkanes of at least 4 members (excludes halogenated alkanes) is 1. The predicted octanol–water partition coefficient (Wildman–Crippen LogP) is 4.04. The second-order valence-corrected chi connectivity index (χ2v) is 7.24. The molecule has 0 saturated heterocycles. The van der Waals surface area contributed by atoms with E-state index in [9.17, 15) is 9.59 Å². The molecule has 1 heterocycles. The van der Waals surface area contributed by atoms with Crippen LogP contribution in [0.2, 0.25) is 0 Å². The molecule has 130 valence electrons. The lowest BCUT2D eigenvalue weighted by Gasteiger charge is -2.05. The third kappa shape index (κ3) is 5.01. The minimum absolute atomic E-state index is 0.118. The van der Waals surface area contributed by atoms with Crippen LogP contribution >= 0.6 is 27.3 Å². The summed E-state index contributed by atoms with van der Waals surface area (Å²) in [6.07, 6.45) is 2.50. The summed E-state index contributed by atoms with van der Waals surface area (Å²) >= 11 is 4.92. The van der Waals surface area contributed by atoms with Gasteiger partial charge >= 0.3 is 5.97 Å². The van der Waals surface area contributed by atoms with Gasteiger partial charge in [-0.25, -0.2) is 0 Å². The van der Waals surface area contributed by atoms with Crippen LogP contribution < -0.4 is 4.80 Å². The van der Waals surface area contributed by atoms with Crippen molar-refractivity contribution in [2.75, 3.05) is 6.61 Å². The van der Waals surface area contributed by atoms with Gasteiger partial charge in [0.25, 0.3) is 0 Å². The number of thiazole rings is 1. The smallest absolute Gasteiger partial charge is 0.307 e. The third-order valence-corrected chi connectivity index (χ3v) is 4.99. The van der Waals surface area contributed by atoms with Crippen LogP contribution in [0.25, 0.3) is 10.2 Å². The fourth-order valence-electron chi connectivity index (χ4n) is 2.28. The van der Waals surface area contributed by atoms with Crippen molar-refractivity contribution in [3.63, 3.8) is 0 Å². The molecule has 0 atom stereocenters. The molecule has 0 aliphatic heterocycles. The first-order valence-corrected chi connectivity index (χ1v) is 9.68. The molecule has 7 heteroatoms. The molecule has 0 aliphatic rings. The molecule has 0 spiro atoms. The summed E-state index contributed by atoms with van der Waals surface area (Å²) in [5.74, 6) is -0.364. The number of nitrogens with zero attached hydrogens (tertiary/aromatic N) is 2. The van der Waals surface area contributed by atoms with E-state index in [0.29, 0.717) is 24.4 Å². The first kappa shape index (κ1) is 18.9. The van der Waals surface area contributed by atoms with Crippen molar-refractivity contribution >= 4 is 49.4 Å². The molecule has 2 aromatic rings. The van der Waals surface area contributed by atoms with E-state index in [1.807, 2.05) is 29.7 Å². The first-order valence-electron chi connectivity index (χ1n) is 8.07. The monoisotopic (exact) mass is 412 g/mol. The Morgan fingerprint density at radius 2 is 2.08 bits per heavy atom. The van der Waals surface area contributed by atoms with E-state index in [-0.39, 0.29) is 18.3 Å². The van der Waals surface area contributed by atoms with Gasteiger partial charge in [0, 0.05) is 17.4 Å². The van der Waals surface area contributed by atoms with Crippen LogP contribution in [0.3, 0.4) is 0 Å². The highest BCUT2D eigenvalue weighted by molar-refractivity contribution is 9.10. The van der Waals surface area contributed by atoms with Crippen molar-refractivity contribution in [3.05, 3.63) is 27.5 Å². The maximum Gasteiger partial charge on any atom is 0.307 e. The van der Waals surface area contributed by atoms with Crippen LogP contribution in [0.1, 0.15) is 39.5 Å². The second-order valence-electron chi connectivity index (χ2n) is 5.31. The number of carbonyl (C=O) groups excluding carboxylic acids is 2. The zero-order valence-corrected chi connectivity index (χ0v) is 16.3. The number of hydrogen-bond acceptors (Lipinski definition) is 4. The van der Waals surface area contributed by atoms with Gasteiger partial charge in [-0.3, -0.25) is 9.59 Å². The molecule has 1 aromatic carbocycles. The summed E-state index contributed by atoms with van der Waals surface area (Å²) in [5.41, 5.74) is 0.967. The Labute approximate surface area is 153 Å². The van der Waals surface area contributed by atoms with Gasteiger partial charge in [-0.05, 0) is 31.5 Å². The van der Waals surface area contributed by atoms with Gasteiger partial charge in [0.1, 0.15) is 0 Å². The number of fused-ring (bicyclic) bond motifs is 1. The normalized spacial score (nSPS) is 11.9. The number of halogens is 1. The molecule has 0 aliphatic carbocycles. The van der Waals surface area contributed by atoms with Gasteiger partial charge in [-0.15, -0.1) is 0 Å². The first-order chi connectivity index (χ1) is 11.5. The van der Waals surface area contributed by atoms with Crippen molar-refractivity contribution in [1.82, 2.24) is 4.57 Å². The van der Waals surface area contributed by atoms with Crippen LogP contribution in [0.4, 0.5) is 0 Å². The number of aryl methyl sites for hydroxylation is 1. The number of amides is 1. The maximum absolute atomic E-state index is 12.0. The molecule has 0 saturated carbocycles. The highest BCUT2D eigenvalue weighted by atomic mass is 79.9. The SMILES string of the molecule is CCCCC(=O)N=c1sc2cc(Br)ccc2n1CCC(=O)OCC. The Morgan fingerprint density at radius 3 is 2.79 bits per heavy atom. The lowest BCUT2D eigenvalue weighted by atomic mass is 10.2. The predicted molar refractivity (Wildman–Crippen MR) is 98.9 cm³/mol. The Morgan fingerprint density at radius 1 is 1.29 bits per heavy atom. The van der Waals surface area contributed by atoms with Crippen molar-refractivity contribution in [1.29, 1.82) is 0 Å². The Balaban J connectivity index is 2.37. The minimum atomic E-state index is -0.246. The summed E-state index contributed by atoms with van der Waals surface area (Å²) in [5, 5.41) is 0. The molecular weight excluding hydrogens is 392 g/mol. The van der Waals surface area contributed by atoms with Gasteiger partial charge in [-0.2, -0.15) is 4.99 Å². The molecule has 1 amide bonds. The van der Waals surface area contributed by atoms with Crippen LogP contribution in [0.15, 0.2) is 27.7 Å². The Kier molecular flexibility index (Phi) is 7.17. The van der Waals surface area contributed by atoms with Crippen LogP contribution in [-0.4, -0.2) is 23.1 Å². The van der Waals surface area contributed by atoms with E-state index in [1.54, 1.807) is 6.92 Å². The minimum Gasteiger partial charge on any atom is -0.466 e. The largest absolute Gasteiger partial charge is 0.466 e. The standard InChI is InChI=1S/C17H21BrN2O3S/c1-3-5-6-15(21)19-17-20(10-9-16(22)23-4-2)13-8-7-12(18)11-14(13)24-17/h7-8,11H,3-6,9-10H2,1-2H3. The average Bonchev–Trinajstić information content (AvgIpc) is 2.87. The molecule has 5 nitrogen and oxygen atoms in total. The molecule has 0 N–H and O–H groups in total. The zero-order chi connectivity index (χ0) is 17.5. The van der Waals surface area contributed by atoms with Crippen molar-refractivity contribution in [2.24, 2.45) is 4.99 Å². The topological polar surface area (TPSA) is 60.7 Å². The van der Waals surface area contributed by atoms with Crippen LogP contribution in [0, 0.1) is 0 Å². The Hall–Kier alpha value is -1.47. The summed E-state index contributed by atoms with van der Waals surface area (Å²) in [4.78, 5) is 28.6. The molecule has 24 heavy (non-hydrogen) atoms. The lowest BCUT2D eigenvalue weighted by Crippen LogP contribution is -2.19. The number of aromatic nitrogens is 1. The number of carbonyl (C=O) groups is 2. The quantitative estimate of drug-likeness (QED) is 0.644. The van der Waals surface area contributed by atoms with Gasteiger partial charge < -0.3 is 9.30 Å². The summed E-state index contributed by atoms with van der Waals surface area (Å²) in [6.45, 7) is 4.65. The second kappa shape index (κ2) is 9.13. The van der Waals surface area contributed by atoms with Crippen molar-refractivity contribution in [2.45, 2.75) is 46.1 Å². The van der Waals surface area contributed by atoms with E-state index >= 15 is 0 Å². The maximum atomic E-state index is 12.0. The number of benzene rings is 1. The van der Waals surface area contributed by atoms with E-state index in [0.717, 1.165) is 27.5 Å². The zero-order valence-electron chi connectivity index (χ0n) is 13.9. The fraction of sp³-hybridized carbons (Fsp3) is 0.471. The molecular formula is C17H21BrN2O3S. The van der Waals surface area contributed by atoms with Crippen molar-refractivity contribution in [3.8, 4) is 0 Å². The molecule has 0 unspecified atom stereocenters. The number of ether oxygens (including phenoxy) is 1. The molecule has 2 rings (SSSR count). The summed E-state index contributed by atoms with van der Waals surface area (Å²) in [7, 11) is 0. The number of rotatable bonds is 7. The molecule has 0 radical (unpaired) electrons. The van der Waals surface area contributed by atoms with E-state index in [1.165, 1.54) is 11.3 Å². The number of esters is 1. The highest BCUT2D eigenvalue weighted by Crippen LogP contribution is 2.22.